The zero-order chi connectivity index (χ0) is 25.9. The summed E-state index contributed by atoms with van der Waals surface area (Å²) in [4.78, 5) is 25.0. The second-order valence-electron chi connectivity index (χ2n) is 7.52. The summed E-state index contributed by atoms with van der Waals surface area (Å²) in [6.07, 6.45) is -5.39. The SMILES string of the molecule is CNc1cc(C(F)(F)F)cnc1C(=N)OC(N)=N[C@H]1N=C(c2ccccc2)c2ccccc2NC1=O. The summed E-state index contributed by atoms with van der Waals surface area (Å²) in [6, 6.07) is 16.5. The second kappa shape index (κ2) is 9.86. The number of ether oxygens (including phenoxy) is 1. The second-order valence-corrected chi connectivity index (χ2v) is 7.52. The molecule has 0 fully saturated rings. The van der Waals surface area contributed by atoms with Crippen LogP contribution in [-0.4, -0.2) is 41.7 Å². The number of amides is 1. The van der Waals surface area contributed by atoms with Gasteiger partial charge in [-0.25, -0.2) is 9.98 Å². The summed E-state index contributed by atoms with van der Waals surface area (Å²) in [5.74, 6) is -1.26. The number of aromatic nitrogens is 1. The monoisotopic (exact) mass is 495 g/mol. The number of nitrogens with two attached hydrogens (primary N) is 1. The number of amidine groups is 1. The van der Waals surface area contributed by atoms with Crippen LogP contribution in [0.25, 0.3) is 0 Å². The molecular formula is C24H20F3N7O2. The van der Waals surface area contributed by atoms with E-state index in [0.717, 1.165) is 11.6 Å². The van der Waals surface area contributed by atoms with E-state index in [-0.39, 0.29) is 11.4 Å². The van der Waals surface area contributed by atoms with E-state index in [1.54, 1.807) is 18.2 Å². The highest BCUT2D eigenvalue weighted by molar-refractivity contribution is 6.19. The third kappa shape index (κ3) is 5.17. The maximum atomic E-state index is 13.0. The summed E-state index contributed by atoms with van der Waals surface area (Å²) in [6.45, 7) is 0. The Balaban J connectivity index is 1.64. The molecule has 0 bridgehead atoms. The molecule has 3 aromatic rings. The Kier molecular flexibility index (Phi) is 6.68. The van der Waals surface area contributed by atoms with Crippen LogP contribution < -0.4 is 16.4 Å². The third-order valence-electron chi connectivity index (χ3n) is 5.13. The molecule has 0 spiro atoms. The van der Waals surface area contributed by atoms with Crippen LogP contribution in [0.4, 0.5) is 24.5 Å². The quantitative estimate of drug-likeness (QED) is 0.324. The Hall–Kier alpha value is -4.74. The number of anilines is 2. The normalized spacial score (nSPS) is 15.8. The number of halogens is 3. The minimum atomic E-state index is -4.61. The van der Waals surface area contributed by atoms with Gasteiger partial charge in [0.15, 0.2) is 0 Å². The topological polar surface area (TPSA) is 138 Å². The molecule has 2 heterocycles. The Morgan fingerprint density at radius 3 is 2.56 bits per heavy atom. The molecule has 2 aromatic carbocycles. The molecule has 0 unspecified atom stereocenters. The predicted octanol–water partition coefficient (Wildman–Crippen LogP) is 3.61. The van der Waals surface area contributed by atoms with Crippen LogP contribution in [0.3, 0.4) is 0 Å². The number of para-hydroxylation sites is 1. The van der Waals surface area contributed by atoms with Crippen molar-refractivity contribution in [3.8, 4) is 0 Å². The van der Waals surface area contributed by atoms with Gasteiger partial charge < -0.3 is 21.1 Å². The van der Waals surface area contributed by atoms with E-state index in [2.05, 4.69) is 25.6 Å². The van der Waals surface area contributed by atoms with E-state index in [0.29, 0.717) is 23.2 Å². The van der Waals surface area contributed by atoms with Crippen LogP contribution in [0.2, 0.25) is 0 Å². The summed E-state index contributed by atoms with van der Waals surface area (Å²) < 4.78 is 44.2. The molecule has 0 radical (unpaired) electrons. The molecule has 1 aliphatic heterocycles. The van der Waals surface area contributed by atoms with Gasteiger partial charge in [0.1, 0.15) is 5.69 Å². The number of nitrogens with one attached hydrogen (secondary N) is 3. The molecule has 0 saturated heterocycles. The third-order valence-corrected chi connectivity index (χ3v) is 5.13. The number of benzodiazepines with no additional fused rings is 1. The lowest BCUT2D eigenvalue weighted by Crippen LogP contribution is -2.29. The number of benzene rings is 2. The van der Waals surface area contributed by atoms with Crippen LogP contribution in [0.15, 0.2) is 76.8 Å². The Bertz CT molecular complexity index is 1370. The van der Waals surface area contributed by atoms with Crippen molar-refractivity contribution in [2.75, 3.05) is 17.7 Å². The first-order valence-corrected chi connectivity index (χ1v) is 10.6. The van der Waals surface area contributed by atoms with Crippen molar-refractivity contribution in [3.63, 3.8) is 0 Å². The van der Waals surface area contributed by atoms with Gasteiger partial charge in [0.25, 0.3) is 11.9 Å². The number of fused-ring (bicyclic) bond motifs is 1. The average Bonchev–Trinajstić information content (AvgIpc) is 2.99. The number of carbonyl (C=O) groups is 1. The molecule has 1 aromatic heterocycles. The van der Waals surface area contributed by atoms with Crippen LogP contribution in [0, 0.1) is 5.41 Å². The van der Waals surface area contributed by atoms with Crippen LogP contribution in [-0.2, 0) is 15.7 Å². The summed E-state index contributed by atoms with van der Waals surface area (Å²) in [7, 11) is 1.37. The largest absolute Gasteiger partial charge is 0.417 e. The molecule has 1 amide bonds. The number of carbonyl (C=O) groups excluding carboxylic acids is 1. The number of aliphatic imine (C=N–C) groups is 2. The molecule has 36 heavy (non-hydrogen) atoms. The van der Waals surface area contributed by atoms with E-state index in [1.165, 1.54) is 7.05 Å². The van der Waals surface area contributed by atoms with Gasteiger partial charge in [0.05, 0.1) is 22.6 Å². The molecule has 9 nitrogen and oxygen atoms in total. The standard InChI is InChI=1S/C24H20F3N7O2/c1-30-17-11-14(24(25,26)27)12-31-19(17)20(28)36-23(29)34-21-22(35)32-16-10-6-5-9-15(16)18(33-21)13-7-3-2-4-8-13/h2-12,21,28,30H,1H3,(H2,29,34)(H,32,35)/t21-/m1/s1. The lowest BCUT2D eigenvalue weighted by molar-refractivity contribution is -0.137. The molecule has 1 atom stereocenters. The maximum Gasteiger partial charge on any atom is 0.417 e. The molecule has 12 heteroatoms. The molecule has 184 valence electrons. The number of hydrogen-bond donors (Lipinski definition) is 4. The first kappa shape index (κ1) is 24.4. The minimum Gasteiger partial charge on any atom is -0.405 e. The van der Waals surface area contributed by atoms with E-state index >= 15 is 0 Å². The first-order chi connectivity index (χ1) is 17.2. The van der Waals surface area contributed by atoms with Crippen LogP contribution in [0.1, 0.15) is 22.4 Å². The number of rotatable bonds is 4. The minimum absolute atomic E-state index is 0.102. The predicted molar refractivity (Wildman–Crippen MR) is 129 cm³/mol. The Morgan fingerprint density at radius 2 is 1.86 bits per heavy atom. The van der Waals surface area contributed by atoms with Gasteiger partial charge in [-0.2, -0.15) is 18.2 Å². The van der Waals surface area contributed by atoms with E-state index < -0.39 is 35.7 Å². The van der Waals surface area contributed by atoms with Crippen molar-refractivity contribution in [2.45, 2.75) is 12.3 Å². The highest BCUT2D eigenvalue weighted by Gasteiger charge is 2.32. The fraction of sp³-hybridized carbons (Fsp3) is 0.125. The van der Waals surface area contributed by atoms with Gasteiger partial charge in [-0.1, -0.05) is 48.5 Å². The molecule has 1 aliphatic rings. The maximum absolute atomic E-state index is 13.0. The lowest BCUT2D eigenvalue weighted by Gasteiger charge is -2.13. The van der Waals surface area contributed by atoms with Gasteiger partial charge in [-0.15, -0.1) is 0 Å². The van der Waals surface area contributed by atoms with Gasteiger partial charge in [0.2, 0.25) is 12.1 Å². The fourth-order valence-electron chi connectivity index (χ4n) is 3.45. The molecule has 0 saturated carbocycles. The molecule has 0 aliphatic carbocycles. The van der Waals surface area contributed by atoms with Crippen molar-refractivity contribution in [3.05, 3.63) is 89.2 Å². The van der Waals surface area contributed by atoms with E-state index in [4.69, 9.17) is 15.9 Å². The zero-order valence-electron chi connectivity index (χ0n) is 18.8. The van der Waals surface area contributed by atoms with Crippen molar-refractivity contribution < 1.29 is 22.7 Å². The molecule has 5 N–H and O–H groups in total. The number of pyridine rings is 1. The summed E-state index contributed by atoms with van der Waals surface area (Å²) >= 11 is 0. The number of nitrogens with zero attached hydrogens (tertiary/aromatic N) is 3. The summed E-state index contributed by atoms with van der Waals surface area (Å²) in [5, 5.41) is 13.4. The summed E-state index contributed by atoms with van der Waals surface area (Å²) in [5.41, 5.74) is 6.95. The van der Waals surface area contributed by atoms with Gasteiger partial charge in [-0.3, -0.25) is 10.2 Å². The zero-order valence-corrected chi connectivity index (χ0v) is 18.8. The van der Waals surface area contributed by atoms with Crippen LogP contribution in [0.5, 0.6) is 0 Å². The van der Waals surface area contributed by atoms with E-state index in [1.807, 2.05) is 36.4 Å². The van der Waals surface area contributed by atoms with E-state index in [9.17, 15) is 18.0 Å². The van der Waals surface area contributed by atoms with Crippen molar-refractivity contribution >= 4 is 34.9 Å². The van der Waals surface area contributed by atoms with Crippen LogP contribution >= 0.6 is 0 Å². The highest BCUT2D eigenvalue weighted by atomic mass is 19.4. The number of alkyl halides is 3. The highest BCUT2D eigenvalue weighted by Crippen LogP contribution is 2.31. The smallest absolute Gasteiger partial charge is 0.405 e. The number of hydrogen-bond acceptors (Lipinski definition) is 7. The first-order valence-electron chi connectivity index (χ1n) is 10.6. The Morgan fingerprint density at radius 1 is 1.17 bits per heavy atom. The van der Waals surface area contributed by atoms with Crippen molar-refractivity contribution in [1.29, 1.82) is 5.41 Å². The fourth-order valence-corrected chi connectivity index (χ4v) is 3.45. The van der Waals surface area contributed by atoms with Gasteiger partial charge in [-0.05, 0) is 12.1 Å². The average molecular weight is 495 g/mol. The lowest BCUT2D eigenvalue weighted by atomic mass is 10.0. The van der Waals surface area contributed by atoms with Gasteiger partial charge >= 0.3 is 6.18 Å². The Labute approximate surface area is 203 Å². The van der Waals surface area contributed by atoms with Gasteiger partial charge in [0, 0.05) is 24.4 Å². The molecule has 4 rings (SSSR count). The molecular weight excluding hydrogens is 475 g/mol. The van der Waals surface area contributed by atoms with Crippen molar-refractivity contribution in [2.24, 2.45) is 15.7 Å². The van der Waals surface area contributed by atoms with Crippen molar-refractivity contribution in [1.82, 2.24) is 4.98 Å².